The van der Waals surface area contributed by atoms with Crippen molar-refractivity contribution in [2.24, 2.45) is 5.41 Å². The zero-order chi connectivity index (χ0) is 13.7. The van der Waals surface area contributed by atoms with Crippen molar-refractivity contribution in [2.75, 3.05) is 32.1 Å². The maximum Gasteiger partial charge on any atom is 0.0467 e. The lowest BCUT2D eigenvalue weighted by Crippen LogP contribution is -2.30. The number of nitrogens with one attached hydrogen (secondary N) is 2. The molecule has 0 atom stereocenters. The molecular weight excluding hydrogens is 236 g/mol. The van der Waals surface area contributed by atoms with E-state index in [0.717, 1.165) is 39.1 Å². The van der Waals surface area contributed by atoms with E-state index in [4.69, 9.17) is 4.74 Å². The molecule has 0 saturated heterocycles. The van der Waals surface area contributed by atoms with Gasteiger partial charge in [-0.1, -0.05) is 26.0 Å². The molecule has 0 unspecified atom stereocenters. The van der Waals surface area contributed by atoms with Gasteiger partial charge in [0.1, 0.15) is 0 Å². The molecule has 1 aliphatic rings. The molecule has 0 saturated carbocycles. The standard InChI is InChI=1S/C16H26N2O/c1-16(2,7-9-19-3)12-17-11-13-4-5-14-6-8-18-15(14)10-13/h4-5,10,17-18H,6-9,11-12H2,1-3H3. The van der Waals surface area contributed by atoms with Gasteiger partial charge in [-0.25, -0.2) is 0 Å². The van der Waals surface area contributed by atoms with Gasteiger partial charge in [0.15, 0.2) is 0 Å². The van der Waals surface area contributed by atoms with Crippen molar-refractivity contribution in [3.63, 3.8) is 0 Å². The summed E-state index contributed by atoms with van der Waals surface area (Å²) in [4.78, 5) is 0. The molecule has 1 aromatic carbocycles. The molecular formula is C16H26N2O. The Bertz CT molecular complexity index is 415. The molecule has 1 aromatic rings. The Labute approximate surface area is 116 Å². The summed E-state index contributed by atoms with van der Waals surface area (Å²) in [6.45, 7) is 8.42. The van der Waals surface area contributed by atoms with Crippen LogP contribution in [0, 0.1) is 5.41 Å². The fourth-order valence-corrected chi connectivity index (χ4v) is 2.46. The van der Waals surface area contributed by atoms with Gasteiger partial charge in [0.2, 0.25) is 0 Å². The van der Waals surface area contributed by atoms with E-state index in [0.29, 0.717) is 0 Å². The lowest BCUT2D eigenvalue weighted by atomic mass is 9.89. The smallest absolute Gasteiger partial charge is 0.0467 e. The predicted octanol–water partition coefficient (Wildman–Crippen LogP) is 2.81. The summed E-state index contributed by atoms with van der Waals surface area (Å²) in [5, 5.41) is 6.99. The Morgan fingerprint density at radius 2 is 2.21 bits per heavy atom. The van der Waals surface area contributed by atoms with E-state index in [1.54, 1.807) is 7.11 Å². The minimum Gasteiger partial charge on any atom is -0.385 e. The predicted molar refractivity (Wildman–Crippen MR) is 80.6 cm³/mol. The maximum absolute atomic E-state index is 5.16. The second-order valence-electron chi connectivity index (χ2n) is 6.18. The molecule has 0 amide bonds. The Morgan fingerprint density at radius 1 is 1.37 bits per heavy atom. The first-order valence-electron chi connectivity index (χ1n) is 7.16. The van der Waals surface area contributed by atoms with Crippen molar-refractivity contribution in [1.29, 1.82) is 0 Å². The van der Waals surface area contributed by atoms with Gasteiger partial charge in [-0.2, -0.15) is 0 Å². The highest BCUT2D eigenvalue weighted by Crippen LogP contribution is 2.23. The van der Waals surface area contributed by atoms with Crippen LogP contribution < -0.4 is 10.6 Å². The van der Waals surface area contributed by atoms with Crippen LogP contribution in [0.4, 0.5) is 5.69 Å². The minimum atomic E-state index is 0.283. The molecule has 0 radical (unpaired) electrons. The molecule has 3 nitrogen and oxygen atoms in total. The third-order valence-corrected chi connectivity index (χ3v) is 3.80. The lowest BCUT2D eigenvalue weighted by molar-refractivity contribution is 0.150. The molecule has 106 valence electrons. The third-order valence-electron chi connectivity index (χ3n) is 3.80. The van der Waals surface area contributed by atoms with E-state index >= 15 is 0 Å². The van der Waals surface area contributed by atoms with Crippen LogP contribution in [0.2, 0.25) is 0 Å². The van der Waals surface area contributed by atoms with Crippen molar-refractivity contribution < 1.29 is 4.74 Å². The number of hydrogen-bond donors (Lipinski definition) is 2. The normalized spacial score (nSPS) is 14.3. The van der Waals surface area contributed by atoms with E-state index in [2.05, 4.69) is 42.7 Å². The SMILES string of the molecule is COCCC(C)(C)CNCc1ccc2c(c1)NCC2. The largest absolute Gasteiger partial charge is 0.385 e. The average molecular weight is 262 g/mol. The van der Waals surface area contributed by atoms with Gasteiger partial charge in [-0.3, -0.25) is 0 Å². The van der Waals surface area contributed by atoms with Gasteiger partial charge in [-0.05, 0) is 35.4 Å². The Balaban J connectivity index is 1.79. The van der Waals surface area contributed by atoms with Crippen LogP contribution in [0.5, 0.6) is 0 Å². The molecule has 2 rings (SSSR count). The number of anilines is 1. The summed E-state index contributed by atoms with van der Waals surface area (Å²) in [6, 6.07) is 6.76. The van der Waals surface area contributed by atoms with Gasteiger partial charge < -0.3 is 15.4 Å². The topological polar surface area (TPSA) is 33.3 Å². The summed E-state index contributed by atoms with van der Waals surface area (Å²) in [7, 11) is 1.76. The third kappa shape index (κ3) is 4.22. The summed E-state index contributed by atoms with van der Waals surface area (Å²) in [6.07, 6.45) is 2.25. The maximum atomic E-state index is 5.16. The molecule has 0 aliphatic carbocycles. The summed E-state index contributed by atoms with van der Waals surface area (Å²) in [5.41, 5.74) is 4.41. The van der Waals surface area contributed by atoms with Gasteiger partial charge >= 0.3 is 0 Å². The highest BCUT2D eigenvalue weighted by Gasteiger charge is 2.17. The Kier molecular flexibility index (Phi) is 4.83. The van der Waals surface area contributed by atoms with Crippen molar-refractivity contribution in [1.82, 2.24) is 5.32 Å². The van der Waals surface area contributed by atoms with Crippen LogP contribution >= 0.6 is 0 Å². The Hall–Kier alpha value is -1.06. The second kappa shape index (κ2) is 6.40. The van der Waals surface area contributed by atoms with Crippen LogP contribution in [0.1, 0.15) is 31.4 Å². The van der Waals surface area contributed by atoms with Crippen molar-refractivity contribution in [3.8, 4) is 0 Å². The number of ether oxygens (including phenoxy) is 1. The first-order chi connectivity index (χ1) is 9.11. The number of methoxy groups -OCH3 is 1. The highest BCUT2D eigenvalue weighted by molar-refractivity contribution is 5.56. The van der Waals surface area contributed by atoms with Crippen LogP contribution in [0.3, 0.4) is 0 Å². The van der Waals surface area contributed by atoms with E-state index in [1.807, 2.05) is 0 Å². The van der Waals surface area contributed by atoms with Crippen molar-refractivity contribution in [3.05, 3.63) is 29.3 Å². The molecule has 0 bridgehead atoms. The van der Waals surface area contributed by atoms with Gasteiger partial charge in [0.25, 0.3) is 0 Å². The zero-order valence-corrected chi connectivity index (χ0v) is 12.4. The molecule has 3 heteroatoms. The van der Waals surface area contributed by atoms with Crippen LogP contribution in [0.25, 0.3) is 0 Å². The number of benzene rings is 1. The van der Waals surface area contributed by atoms with Gasteiger partial charge in [0.05, 0.1) is 0 Å². The minimum absolute atomic E-state index is 0.283. The average Bonchev–Trinajstić information content (AvgIpc) is 2.83. The zero-order valence-electron chi connectivity index (χ0n) is 12.4. The fraction of sp³-hybridized carbons (Fsp3) is 0.625. The summed E-state index contributed by atoms with van der Waals surface area (Å²) in [5.74, 6) is 0. The quantitative estimate of drug-likeness (QED) is 0.793. The molecule has 0 spiro atoms. The summed E-state index contributed by atoms with van der Waals surface area (Å²) < 4.78 is 5.16. The first-order valence-corrected chi connectivity index (χ1v) is 7.16. The number of fused-ring (bicyclic) bond motifs is 1. The molecule has 19 heavy (non-hydrogen) atoms. The first kappa shape index (κ1) is 14.4. The molecule has 1 heterocycles. The summed E-state index contributed by atoms with van der Waals surface area (Å²) >= 11 is 0. The number of rotatable bonds is 7. The Morgan fingerprint density at radius 3 is 3.00 bits per heavy atom. The van der Waals surface area contributed by atoms with Gasteiger partial charge in [-0.15, -0.1) is 0 Å². The molecule has 2 N–H and O–H groups in total. The highest BCUT2D eigenvalue weighted by atomic mass is 16.5. The molecule has 0 aromatic heterocycles. The van der Waals surface area contributed by atoms with E-state index in [9.17, 15) is 0 Å². The van der Waals surface area contributed by atoms with E-state index in [-0.39, 0.29) is 5.41 Å². The van der Waals surface area contributed by atoms with Crippen LogP contribution in [-0.2, 0) is 17.7 Å². The van der Waals surface area contributed by atoms with Gasteiger partial charge in [0, 0.05) is 39.0 Å². The fourth-order valence-electron chi connectivity index (χ4n) is 2.46. The van der Waals surface area contributed by atoms with Crippen LogP contribution in [0.15, 0.2) is 18.2 Å². The molecule has 1 aliphatic heterocycles. The number of hydrogen-bond acceptors (Lipinski definition) is 3. The monoisotopic (exact) mass is 262 g/mol. The van der Waals surface area contributed by atoms with E-state index < -0.39 is 0 Å². The lowest BCUT2D eigenvalue weighted by Gasteiger charge is -2.24. The van der Waals surface area contributed by atoms with Crippen molar-refractivity contribution in [2.45, 2.75) is 33.2 Å². The second-order valence-corrected chi connectivity index (χ2v) is 6.18. The van der Waals surface area contributed by atoms with Crippen molar-refractivity contribution >= 4 is 5.69 Å². The molecule has 0 fully saturated rings. The van der Waals surface area contributed by atoms with E-state index in [1.165, 1.54) is 16.8 Å². The van der Waals surface area contributed by atoms with Crippen LogP contribution in [-0.4, -0.2) is 26.8 Å².